The number of amides is 1. The maximum Gasteiger partial charge on any atom is 0.412 e. The van der Waals surface area contributed by atoms with Crippen molar-refractivity contribution >= 4 is 25.8 Å². The van der Waals surface area contributed by atoms with E-state index in [1.165, 1.54) is 12.3 Å². The smallest absolute Gasteiger partial charge is 0.412 e. The molecule has 1 amide bonds. The van der Waals surface area contributed by atoms with Gasteiger partial charge in [0.1, 0.15) is 11.9 Å². The molecule has 1 aromatic rings. The largest absolute Gasteiger partial charge is 0.465 e. The van der Waals surface area contributed by atoms with Gasteiger partial charge in [-0.05, 0) is 36.5 Å². The predicted octanol–water partition coefficient (Wildman–Crippen LogP) is 3.47. The molecule has 0 aromatic carbocycles. The van der Waals surface area contributed by atoms with Crippen molar-refractivity contribution < 1.29 is 19.3 Å². The van der Waals surface area contributed by atoms with Gasteiger partial charge in [-0.2, -0.15) is 0 Å². The highest BCUT2D eigenvalue weighted by Crippen LogP contribution is 2.37. The molecule has 2 rings (SSSR count). The molecule has 1 fully saturated rings. The summed E-state index contributed by atoms with van der Waals surface area (Å²) < 4.78 is 6.30. The fourth-order valence-electron chi connectivity index (χ4n) is 3.05. The molecule has 156 valence electrons. The van der Waals surface area contributed by atoms with Gasteiger partial charge in [0, 0.05) is 25.9 Å². The van der Waals surface area contributed by atoms with Gasteiger partial charge in [0.05, 0.1) is 11.0 Å². The van der Waals surface area contributed by atoms with Gasteiger partial charge in [-0.1, -0.05) is 20.8 Å². The van der Waals surface area contributed by atoms with Crippen molar-refractivity contribution in [2.45, 2.75) is 51.4 Å². The molecular formula is C18H30N4O5Si. The Hall–Kier alpha value is -2.04. The van der Waals surface area contributed by atoms with E-state index in [1.54, 1.807) is 0 Å². The van der Waals surface area contributed by atoms with E-state index in [1.807, 2.05) is 0 Å². The normalized spacial score (nSPS) is 20.6. The number of anilines is 1. The molecule has 0 spiro atoms. The highest BCUT2D eigenvalue weighted by molar-refractivity contribution is 6.74. The summed E-state index contributed by atoms with van der Waals surface area (Å²) in [6.07, 6.45) is 1.81. The third-order valence-corrected chi connectivity index (χ3v) is 10.2. The van der Waals surface area contributed by atoms with E-state index >= 15 is 0 Å². The van der Waals surface area contributed by atoms with Crippen molar-refractivity contribution in [1.82, 2.24) is 10.3 Å². The highest BCUT2D eigenvalue weighted by Gasteiger charge is 2.39. The van der Waals surface area contributed by atoms with Gasteiger partial charge in [-0.15, -0.1) is 0 Å². The molecule has 0 aliphatic carbocycles. The van der Waals surface area contributed by atoms with Crippen LogP contribution in [0.25, 0.3) is 0 Å². The minimum Gasteiger partial charge on any atom is -0.465 e. The third kappa shape index (κ3) is 5.06. The predicted molar refractivity (Wildman–Crippen MR) is 109 cm³/mol. The van der Waals surface area contributed by atoms with Crippen molar-refractivity contribution in [1.29, 1.82) is 0 Å². The Bertz CT molecular complexity index is 722. The second kappa shape index (κ2) is 8.54. The summed E-state index contributed by atoms with van der Waals surface area (Å²) in [6, 6.07) is 0.961. The van der Waals surface area contributed by atoms with Gasteiger partial charge in [0.25, 0.3) is 0 Å². The monoisotopic (exact) mass is 410 g/mol. The van der Waals surface area contributed by atoms with Gasteiger partial charge in [0.15, 0.2) is 8.32 Å². The molecule has 1 aliphatic rings. The van der Waals surface area contributed by atoms with Crippen LogP contribution in [0.5, 0.6) is 0 Å². The first-order valence-corrected chi connectivity index (χ1v) is 12.3. The van der Waals surface area contributed by atoms with Gasteiger partial charge in [-0.3, -0.25) is 20.0 Å². The summed E-state index contributed by atoms with van der Waals surface area (Å²) in [4.78, 5) is 27.5. The number of nitrogens with one attached hydrogen (secondary N) is 1. The Morgan fingerprint density at radius 1 is 1.46 bits per heavy atom. The highest BCUT2D eigenvalue weighted by atomic mass is 28.4. The van der Waals surface area contributed by atoms with Crippen molar-refractivity contribution in [3.63, 3.8) is 0 Å². The third-order valence-electron chi connectivity index (χ3n) is 5.71. The Kier molecular flexibility index (Phi) is 6.78. The molecule has 0 bridgehead atoms. The van der Waals surface area contributed by atoms with Crippen LogP contribution in [0.2, 0.25) is 18.1 Å². The molecule has 10 heteroatoms. The number of nitrogens with zero attached hydrogens (tertiary/aromatic N) is 3. The van der Waals surface area contributed by atoms with Gasteiger partial charge >= 0.3 is 11.8 Å². The van der Waals surface area contributed by atoms with Crippen LogP contribution in [0.15, 0.2) is 18.5 Å². The molecule has 1 saturated heterocycles. The Balaban J connectivity index is 2.17. The summed E-state index contributed by atoms with van der Waals surface area (Å²) in [6.45, 7) is 12.6. The van der Waals surface area contributed by atoms with Crippen LogP contribution in [0.4, 0.5) is 16.2 Å². The van der Waals surface area contributed by atoms with Crippen LogP contribution in [0.1, 0.15) is 27.2 Å². The number of piperidine rings is 1. The lowest BCUT2D eigenvalue weighted by Crippen LogP contribution is -2.53. The molecule has 2 unspecified atom stereocenters. The van der Waals surface area contributed by atoms with E-state index in [0.717, 1.165) is 17.6 Å². The van der Waals surface area contributed by atoms with Crippen molar-refractivity contribution in [3.05, 3.63) is 28.6 Å². The summed E-state index contributed by atoms with van der Waals surface area (Å²) in [5.74, 6) is 0.135. The molecule has 2 atom stereocenters. The lowest BCUT2D eigenvalue weighted by atomic mass is 9.95. The molecule has 2 heterocycles. The van der Waals surface area contributed by atoms with Crippen LogP contribution in [-0.2, 0) is 4.43 Å². The molecule has 28 heavy (non-hydrogen) atoms. The van der Waals surface area contributed by atoms with Gasteiger partial charge in [0.2, 0.25) is 0 Å². The van der Waals surface area contributed by atoms with E-state index in [9.17, 15) is 20.0 Å². The summed E-state index contributed by atoms with van der Waals surface area (Å²) in [7, 11) is -1.90. The van der Waals surface area contributed by atoms with Gasteiger partial charge in [-0.25, -0.2) is 4.79 Å². The summed E-state index contributed by atoms with van der Waals surface area (Å²) >= 11 is 0. The Morgan fingerprint density at radius 3 is 2.71 bits per heavy atom. The number of nitro groups is 1. The lowest BCUT2D eigenvalue weighted by molar-refractivity contribution is -0.384. The average Bonchev–Trinajstić information content (AvgIpc) is 2.59. The number of aromatic nitrogens is 1. The summed E-state index contributed by atoms with van der Waals surface area (Å²) in [5.41, 5.74) is -0.269. The van der Waals surface area contributed by atoms with Crippen LogP contribution in [0.3, 0.4) is 0 Å². The number of rotatable bonds is 6. The van der Waals surface area contributed by atoms with E-state index in [-0.39, 0.29) is 22.3 Å². The zero-order valence-corrected chi connectivity index (χ0v) is 18.1. The van der Waals surface area contributed by atoms with Crippen molar-refractivity contribution in [2.24, 2.45) is 5.92 Å². The standard InChI is InChI=1S/C18H30N4O5Si/c1-18(2,3)28(4,5)27-12-13-8-14(10-20-9-13)21(17(23)24)15-6-7-19-11-16(15)22(25)26/h6-7,11,13-14,20H,8-10,12H2,1-5H3,(H,23,24). The zero-order valence-electron chi connectivity index (χ0n) is 17.1. The van der Waals surface area contributed by atoms with E-state index in [0.29, 0.717) is 19.6 Å². The SMILES string of the molecule is CC(C)(C)[Si](C)(C)OCC1CNCC(N(C(=O)O)c2ccncc2[N+](=O)[O-])C1. The van der Waals surface area contributed by atoms with E-state index < -0.39 is 25.4 Å². The molecule has 0 saturated carbocycles. The fourth-order valence-corrected chi connectivity index (χ4v) is 4.14. The molecule has 9 nitrogen and oxygen atoms in total. The number of hydrogen-bond acceptors (Lipinski definition) is 6. The molecule has 2 N–H and O–H groups in total. The van der Waals surface area contributed by atoms with E-state index in [4.69, 9.17) is 4.43 Å². The minimum atomic E-state index is -1.90. The maximum absolute atomic E-state index is 12.0. The van der Waals surface area contributed by atoms with Gasteiger partial charge < -0.3 is 14.8 Å². The first-order chi connectivity index (χ1) is 12.9. The first kappa shape index (κ1) is 22.2. The summed E-state index contributed by atoms with van der Waals surface area (Å²) in [5, 5.41) is 24.4. The average molecular weight is 411 g/mol. The fraction of sp³-hybridized carbons (Fsp3) is 0.667. The topological polar surface area (TPSA) is 118 Å². The Labute approximate surface area is 166 Å². The lowest BCUT2D eigenvalue weighted by Gasteiger charge is -2.40. The number of pyridine rings is 1. The second-order valence-electron chi connectivity index (χ2n) is 8.76. The molecule has 1 aromatic heterocycles. The van der Waals surface area contributed by atoms with Crippen LogP contribution in [-0.4, -0.2) is 55.2 Å². The molecular weight excluding hydrogens is 380 g/mol. The van der Waals surface area contributed by atoms with Crippen molar-refractivity contribution in [2.75, 3.05) is 24.6 Å². The second-order valence-corrected chi connectivity index (χ2v) is 13.6. The number of carbonyl (C=O) groups is 1. The van der Waals surface area contributed by atoms with Crippen LogP contribution in [0, 0.1) is 16.0 Å². The van der Waals surface area contributed by atoms with Crippen LogP contribution < -0.4 is 10.2 Å². The maximum atomic E-state index is 12.0. The Morgan fingerprint density at radius 2 is 2.14 bits per heavy atom. The molecule has 1 aliphatic heterocycles. The zero-order chi connectivity index (χ0) is 21.1. The van der Waals surface area contributed by atoms with Crippen LogP contribution >= 0.6 is 0 Å². The quantitative estimate of drug-likeness (QED) is 0.419. The minimum absolute atomic E-state index is 0.0465. The first-order valence-electron chi connectivity index (χ1n) is 9.39. The number of hydrogen-bond donors (Lipinski definition) is 2. The molecule has 0 radical (unpaired) electrons. The number of carboxylic acid groups (broad SMARTS) is 1. The van der Waals surface area contributed by atoms with E-state index in [2.05, 4.69) is 44.2 Å². The van der Waals surface area contributed by atoms with Crippen molar-refractivity contribution in [3.8, 4) is 0 Å².